The van der Waals surface area contributed by atoms with E-state index in [1.165, 1.54) is 7.11 Å². The van der Waals surface area contributed by atoms with Crippen LogP contribution in [0.15, 0.2) is 54.7 Å². The summed E-state index contributed by atoms with van der Waals surface area (Å²) in [6.45, 7) is 6.79. The summed E-state index contributed by atoms with van der Waals surface area (Å²) in [5, 5.41) is 4.66. The number of benzene rings is 2. The summed E-state index contributed by atoms with van der Waals surface area (Å²) in [6, 6.07) is 15.8. The molecule has 0 spiro atoms. The zero-order valence-corrected chi connectivity index (χ0v) is 17.9. The molecule has 158 valence electrons. The quantitative estimate of drug-likeness (QED) is 0.560. The van der Waals surface area contributed by atoms with E-state index in [9.17, 15) is 4.79 Å². The lowest BCUT2D eigenvalue weighted by atomic mass is 9.92. The summed E-state index contributed by atoms with van der Waals surface area (Å²) >= 11 is 0. The third kappa shape index (κ3) is 5.27. The first-order valence-corrected chi connectivity index (χ1v) is 10.0. The van der Waals surface area contributed by atoms with Gasteiger partial charge in [-0.3, -0.25) is 5.32 Å². The maximum Gasteiger partial charge on any atom is 0.412 e. The molecule has 3 aromatic rings. The van der Waals surface area contributed by atoms with E-state index in [4.69, 9.17) is 10.5 Å². The molecule has 0 fully saturated rings. The maximum atomic E-state index is 11.5. The average molecular weight is 408 g/mol. The second kappa shape index (κ2) is 9.13. The van der Waals surface area contributed by atoms with Crippen molar-refractivity contribution >= 4 is 22.7 Å². The van der Waals surface area contributed by atoms with Crippen molar-refractivity contribution in [2.45, 2.75) is 32.7 Å². The lowest BCUT2D eigenvalue weighted by Crippen LogP contribution is -2.43. The Morgan fingerprint density at radius 2 is 1.90 bits per heavy atom. The minimum Gasteiger partial charge on any atom is -0.491 e. The SMILES string of the molecule is COC(=O)Nc1cc(-c2ccc(OC[C@@](C)(N)CC(C)C)c3ccccc23)ccn1. The number of hydrogen-bond donors (Lipinski definition) is 2. The van der Waals surface area contributed by atoms with Crippen LogP contribution in [-0.4, -0.2) is 30.3 Å². The van der Waals surface area contributed by atoms with E-state index in [0.29, 0.717) is 18.3 Å². The number of aromatic nitrogens is 1. The number of nitrogens with one attached hydrogen (secondary N) is 1. The number of fused-ring (bicyclic) bond motifs is 1. The van der Waals surface area contributed by atoms with Gasteiger partial charge in [0.05, 0.1) is 7.11 Å². The summed E-state index contributed by atoms with van der Waals surface area (Å²) < 4.78 is 10.8. The van der Waals surface area contributed by atoms with Gasteiger partial charge >= 0.3 is 6.09 Å². The second-order valence-electron chi connectivity index (χ2n) is 8.24. The van der Waals surface area contributed by atoms with Crippen LogP contribution in [-0.2, 0) is 4.74 Å². The van der Waals surface area contributed by atoms with E-state index >= 15 is 0 Å². The number of carbonyl (C=O) groups excluding carboxylic acids is 1. The van der Waals surface area contributed by atoms with Crippen molar-refractivity contribution in [3.63, 3.8) is 0 Å². The first kappa shape index (κ1) is 21.6. The van der Waals surface area contributed by atoms with Gasteiger partial charge < -0.3 is 15.2 Å². The van der Waals surface area contributed by atoms with Gasteiger partial charge in [-0.25, -0.2) is 9.78 Å². The molecule has 30 heavy (non-hydrogen) atoms. The largest absolute Gasteiger partial charge is 0.491 e. The predicted molar refractivity (Wildman–Crippen MR) is 121 cm³/mol. The summed E-state index contributed by atoms with van der Waals surface area (Å²) in [7, 11) is 1.32. The Bertz CT molecular complexity index is 1030. The number of rotatable bonds is 7. The van der Waals surface area contributed by atoms with E-state index in [1.807, 2.05) is 49.4 Å². The smallest absolute Gasteiger partial charge is 0.412 e. The zero-order valence-electron chi connectivity index (χ0n) is 17.9. The van der Waals surface area contributed by atoms with Crippen molar-refractivity contribution in [2.24, 2.45) is 11.7 Å². The molecular formula is C24H29N3O3. The van der Waals surface area contributed by atoms with Gasteiger partial charge in [0.2, 0.25) is 0 Å². The zero-order chi connectivity index (χ0) is 21.7. The number of amides is 1. The van der Waals surface area contributed by atoms with Crippen molar-refractivity contribution in [2.75, 3.05) is 19.0 Å². The van der Waals surface area contributed by atoms with E-state index in [0.717, 1.165) is 34.1 Å². The number of nitrogens with zero attached hydrogens (tertiary/aromatic N) is 1. The van der Waals surface area contributed by atoms with Gasteiger partial charge in [0.1, 0.15) is 18.2 Å². The summed E-state index contributed by atoms with van der Waals surface area (Å²) in [5.41, 5.74) is 7.98. The van der Waals surface area contributed by atoms with Crippen LogP contribution in [0, 0.1) is 5.92 Å². The van der Waals surface area contributed by atoms with Gasteiger partial charge in [-0.05, 0) is 54.0 Å². The second-order valence-corrected chi connectivity index (χ2v) is 8.24. The highest BCUT2D eigenvalue weighted by atomic mass is 16.5. The van der Waals surface area contributed by atoms with Crippen molar-refractivity contribution in [3.8, 4) is 16.9 Å². The molecule has 0 bridgehead atoms. The molecule has 0 saturated carbocycles. The van der Waals surface area contributed by atoms with Gasteiger partial charge in [-0.15, -0.1) is 0 Å². The number of hydrogen-bond acceptors (Lipinski definition) is 5. The van der Waals surface area contributed by atoms with Gasteiger partial charge in [0.25, 0.3) is 0 Å². The predicted octanol–water partition coefficient (Wildman–Crippen LogP) is 5.22. The molecule has 0 radical (unpaired) electrons. The van der Waals surface area contributed by atoms with E-state index < -0.39 is 11.6 Å². The molecule has 0 aliphatic rings. The van der Waals surface area contributed by atoms with E-state index in [1.54, 1.807) is 6.20 Å². The molecule has 3 rings (SSSR count). The number of pyridine rings is 1. The number of methoxy groups -OCH3 is 1. The number of anilines is 1. The molecule has 0 aliphatic heterocycles. The third-order valence-electron chi connectivity index (χ3n) is 4.80. The van der Waals surface area contributed by atoms with Gasteiger partial charge in [0, 0.05) is 17.1 Å². The Morgan fingerprint density at radius 1 is 1.17 bits per heavy atom. The van der Waals surface area contributed by atoms with Crippen LogP contribution in [0.25, 0.3) is 21.9 Å². The van der Waals surface area contributed by atoms with Gasteiger partial charge in [0.15, 0.2) is 0 Å². The lowest BCUT2D eigenvalue weighted by molar-refractivity contribution is 0.187. The normalized spacial score (nSPS) is 13.1. The Labute approximate surface area is 177 Å². The van der Waals surface area contributed by atoms with Crippen LogP contribution in [0.3, 0.4) is 0 Å². The Morgan fingerprint density at radius 3 is 2.60 bits per heavy atom. The molecule has 0 unspecified atom stereocenters. The molecular weight excluding hydrogens is 378 g/mol. The minimum atomic E-state index is -0.556. The fourth-order valence-corrected chi connectivity index (χ4v) is 3.71. The highest BCUT2D eigenvalue weighted by Gasteiger charge is 2.21. The van der Waals surface area contributed by atoms with E-state index in [-0.39, 0.29) is 0 Å². The molecule has 1 amide bonds. The van der Waals surface area contributed by atoms with Crippen molar-refractivity contribution < 1.29 is 14.3 Å². The fourth-order valence-electron chi connectivity index (χ4n) is 3.71. The van der Waals surface area contributed by atoms with Crippen molar-refractivity contribution in [1.82, 2.24) is 4.98 Å². The molecule has 6 nitrogen and oxygen atoms in total. The number of ether oxygens (including phenoxy) is 2. The standard InChI is InChI=1S/C24H29N3O3/c1-16(2)14-24(3,25)15-30-21-10-9-18(19-7-5-6-8-20(19)21)17-11-12-26-22(13-17)27-23(28)29-4/h5-13,16H,14-15,25H2,1-4H3,(H,26,27,28)/t24-/m0/s1. The molecule has 1 aromatic heterocycles. The van der Waals surface area contributed by atoms with Crippen LogP contribution >= 0.6 is 0 Å². The molecule has 6 heteroatoms. The number of nitrogens with two attached hydrogens (primary N) is 1. The van der Waals surface area contributed by atoms with E-state index in [2.05, 4.69) is 35.0 Å². The summed E-state index contributed by atoms with van der Waals surface area (Å²) in [6.07, 6.45) is 1.99. The van der Waals surface area contributed by atoms with Crippen LogP contribution in [0.5, 0.6) is 5.75 Å². The first-order valence-electron chi connectivity index (χ1n) is 10.0. The van der Waals surface area contributed by atoms with Crippen molar-refractivity contribution in [1.29, 1.82) is 0 Å². The third-order valence-corrected chi connectivity index (χ3v) is 4.80. The van der Waals surface area contributed by atoms with Crippen LogP contribution < -0.4 is 15.8 Å². The van der Waals surface area contributed by atoms with Crippen LogP contribution in [0.1, 0.15) is 27.2 Å². The Hall–Kier alpha value is -3.12. The van der Waals surface area contributed by atoms with Crippen LogP contribution in [0.2, 0.25) is 0 Å². The molecule has 1 heterocycles. The summed E-state index contributed by atoms with van der Waals surface area (Å²) in [5.74, 6) is 1.73. The van der Waals surface area contributed by atoms with Crippen LogP contribution in [0.4, 0.5) is 10.6 Å². The molecule has 1 atom stereocenters. The fraction of sp³-hybridized carbons (Fsp3) is 0.333. The first-order chi connectivity index (χ1) is 14.3. The Balaban J connectivity index is 1.93. The van der Waals surface area contributed by atoms with Crippen molar-refractivity contribution in [3.05, 3.63) is 54.7 Å². The summed E-state index contributed by atoms with van der Waals surface area (Å²) in [4.78, 5) is 15.7. The lowest BCUT2D eigenvalue weighted by Gasteiger charge is -2.27. The Kier molecular flexibility index (Phi) is 6.57. The molecule has 0 saturated heterocycles. The van der Waals surface area contributed by atoms with Gasteiger partial charge in [-0.1, -0.05) is 44.2 Å². The topological polar surface area (TPSA) is 86.5 Å². The number of carbonyl (C=O) groups is 1. The minimum absolute atomic E-state index is 0.395. The maximum absolute atomic E-state index is 11.5. The highest BCUT2D eigenvalue weighted by Crippen LogP contribution is 2.35. The highest BCUT2D eigenvalue weighted by molar-refractivity contribution is 6.00. The molecule has 3 N–H and O–H groups in total. The van der Waals surface area contributed by atoms with Gasteiger partial charge in [-0.2, -0.15) is 0 Å². The molecule has 0 aliphatic carbocycles. The average Bonchev–Trinajstić information content (AvgIpc) is 2.71. The molecule has 2 aromatic carbocycles. The monoisotopic (exact) mass is 407 g/mol.